The summed E-state index contributed by atoms with van der Waals surface area (Å²) < 4.78 is 0. The smallest absolute Gasteiger partial charge is 0.0416 e. The molecule has 2 aromatic rings. The zero-order chi connectivity index (χ0) is 11.9. The Morgan fingerprint density at radius 3 is 2.29 bits per heavy atom. The van der Waals surface area contributed by atoms with E-state index < -0.39 is 0 Å². The fraction of sp³-hybridized carbons (Fsp3) is 0.214. The number of pyridine rings is 1. The van der Waals surface area contributed by atoms with Crippen LogP contribution in [-0.4, -0.2) is 11.5 Å². The van der Waals surface area contributed by atoms with Crippen LogP contribution in [0.4, 0.5) is 11.4 Å². The summed E-state index contributed by atoms with van der Waals surface area (Å²) in [5.74, 6) is 0. The van der Waals surface area contributed by atoms with E-state index in [0.717, 1.165) is 24.5 Å². The third-order valence-electron chi connectivity index (χ3n) is 2.49. The van der Waals surface area contributed by atoms with Crippen LogP contribution >= 0.6 is 0 Å². The summed E-state index contributed by atoms with van der Waals surface area (Å²) in [6.45, 7) is 3.84. The summed E-state index contributed by atoms with van der Waals surface area (Å²) >= 11 is 0. The fourth-order valence-corrected chi connectivity index (χ4v) is 1.62. The number of aromatic nitrogens is 1. The Bertz CT molecular complexity index is 437. The molecule has 3 nitrogen and oxygen atoms in total. The maximum absolute atomic E-state index is 4.09. The minimum atomic E-state index is 0.800. The van der Waals surface area contributed by atoms with Crippen molar-refractivity contribution in [2.24, 2.45) is 0 Å². The molecule has 1 aromatic carbocycles. The summed E-state index contributed by atoms with van der Waals surface area (Å²) in [5.41, 5.74) is 3.46. The van der Waals surface area contributed by atoms with Gasteiger partial charge in [-0.05, 0) is 42.8 Å². The average molecular weight is 227 g/mol. The van der Waals surface area contributed by atoms with Gasteiger partial charge in [0.15, 0.2) is 0 Å². The van der Waals surface area contributed by atoms with Crippen molar-refractivity contribution in [1.29, 1.82) is 0 Å². The molecule has 2 rings (SSSR count). The molecule has 3 heteroatoms. The van der Waals surface area contributed by atoms with Gasteiger partial charge in [-0.1, -0.05) is 6.07 Å². The molecule has 0 saturated carbocycles. The van der Waals surface area contributed by atoms with Gasteiger partial charge in [-0.2, -0.15) is 0 Å². The number of nitrogens with one attached hydrogen (secondary N) is 2. The quantitative estimate of drug-likeness (QED) is 0.824. The van der Waals surface area contributed by atoms with E-state index in [0.29, 0.717) is 0 Å². The largest absolute Gasteiger partial charge is 0.385 e. The first kappa shape index (κ1) is 11.5. The Balaban J connectivity index is 1.91. The van der Waals surface area contributed by atoms with Gasteiger partial charge in [0.2, 0.25) is 0 Å². The molecule has 0 saturated heterocycles. The molecule has 17 heavy (non-hydrogen) atoms. The van der Waals surface area contributed by atoms with Crippen LogP contribution in [-0.2, 0) is 6.54 Å². The maximum Gasteiger partial charge on any atom is 0.0416 e. The molecular formula is C14H17N3. The van der Waals surface area contributed by atoms with Crippen molar-refractivity contribution in [2.75, 3.05) is 17.2 Å². The SMILES string of the molecule is CCNc1ccc(NCc2cccnc2)cc1. The molecule has 0 spiro atoms. The van der Waals surface area contributed by atoms with Gasteiger partial charge in [-0.25, -0.2) is 0 Å². The first-order chi connectivity index (χ1) is 8.38. The molecule has 0 radical (unpaired) electrons. The predicted molar refractivity (Wildman–Crippen MR) is 72.2 cm³/mol. The normalized spacial score (nSPS) is 9.94. The van der Waals surface area contributed by atoms with Crippen molar-refractivity contribution < 1.29 is 0 Å². The van der Waals surface area contributed by atoms with E-state index in [-0.39, 0.29) is 0 Å². The van der Waals surface area contributed by atoms with E-state index in [1.165, 1.54) is 5.56 Å². The molecule has 88 valence electrons. The van der Waals surface area contributed by atoms with E-state index in [1.54, 1.807) is 6.20 Å². The van der Waals surface area contributed by atoms with Gasteiger partial charge in [-0.15, -0.1) is 0 Å². The van der Waals surface area contributed by atoms with Gasteiger partial charge in [0.05, 0.1) is 0 Å². The van der Waals surface area contributed by atoms with Crippen LogP contribution in [0.15, 0.2) is 48.8 Å². The Morgan fingerprint density at radius 1 is 1.00 bits per heavy atom. The zero-order valence-electron chi connectivity index (χ0n) is 9.98. The Kier molecular flexibility index (Phi) is 3.97. The number of nitrogens with zero attached hydrogens (tertiary/aromatic N) is 1. The predicted octanol–water partition coefficient (Wildman–Crippen LogP) is 3.13. The number of hydrogen-bond donors (Lipinski definition) is 2. The van der Waals surface area contributed by atoms with Crippen molar-refractivity contribution in [3.63, 3.8) is 0 Å². The van der Waals surface area contributed by atoms with Crippen molar-refractivity contribution in [1.82, 2.24) is 4.98 Å². The molecule has 0 amide bonds. The Labute approximate surface area is 102 Å². The van der Waals surface area contributed by atoms with Gasteiger partial charge in [0, 0.05) is 36.9 Å². The van der Waals surface area contributed by atoms with Crippen molar-refractivity contribution in [2.45, 2.75) is 13.5 Å². The Morgan fingerprint density at radius 2 is 1.71 bits per heavy atom. The molecule has 0 aliphatic carbocycles. The third kappa shape index (κ3) is 3.48. The van der Waals surface area contributed by atoms with Gasteiger partial charge in [0.1, 0.15) is 0 Å². The second-order valence-corrected chi connectivity index (χ2v) is 3.82. The second-order valence-electron chi connectivity index (χ2n) is 3.82. The number of benzene rings is 1. The van der Waals surface area contributed by atoms with Crippen LogP contribution < -0.4 is 10.6 Å². The van der Waals surface area contributed by atoms with Crippen LogP contribution in [0.5, 0.6) is 0 Å². The van der Waals surface area contributed by atoms with E-state index in [4.69, 9.17) is 0 Å². The highest BCUT2D eigenvalue weighted by Gasteiger charge is 1.94. The molecule has 1 heterocycles. The van der Waals surface area contributed by atoms with Gasteiger partial charge in [0.25, 0.3) is 0 Å². The molecule has 1 aromatic heterocycles. The molecule has 0 unspecified atom stereocenters. The van der Waals surface area contributed by atoms with E-state index >= 15 is 0 Å². The van der Waals surface area contributed by atoms with E-state index in [9.17, 15) is 0 Å². The average Bonchev–Trinajstić information content (AvgIpc) is 2.40. The van der Waals surface area contributed by atoms with E-state index in [1.807, 2.05) is 12.3 Å². The minimum Gasteiger partial charge on any atom is -0.385 e. The lowest BCUT2D eigenvalue weighted by Gasteiger charge is -2.08. The first-order valence-corrected chi connectivity index (χ1v) is 5.85. The summed E-state index contributed by atoms with van der Waals surface area (Å²) in [4.78, 5) is 4.09. The van der Waals surface area contributed by atoms with Crippen LogP contribution in [0.3, 0.4) is 0 Å². The summed E-state index contributed by atoms with van der Waals surface area (Å²) in [6, 6.07) is 12.3. The number of rotatable bonds is 5. The van der Waals surface area contributed by atoms with Crippen LogP contribution in [0.25, 0.3) is 0 Å². The summed E-state index contributed by atoms with van der Waals surface area (Å²) in [6.07, 6.45) is 3.66. The highest BCUT2D eigenvalue weighted by atomic mass is 14.9. The minimum absolute atomic E-state index is 0.800. The molecule has 0 atom stereocenters. The highest BCUT2D eigenvalue weighted by Crippen LogP contribution is 2.14. The van der Waals surface area contributed by atoms with Gasteiger partial charge >= 0.3 is 0 Å². The van der Waals surface area contributed by atoms with Crippen LogP contribution in [0.2, 0.25) is 0 Å². The Hall–Kier alpha value is -2.03. The van der Waals surface area contributed by atoms with Crippen molar-refractivity contribution in [3.05, 3.63) is 54.4 Å². The maximum atomic E-state index is 4.09. The van der Waals surface area contributed by atoms with Crippen molar-refractivity contribution >= 4 is 11.4 Å². The summed E-state index contributed by atoms with van der Waals surface area (Å²) in [7, 11) is 0. The molecule has 0 aliphatic heterocycles. The van der Waals surface area contributed by atoms with Gasteiger partial charge in [-0.3, -0.25) is 4.98 Å². The summed E-state index contributed by atoms with van der Waals surface area (Å²) in [5, 5.41) is 6.63. The van der Waals surface area contributed by atoms with Gasteiger partial charge < -0.3 is 10.6 Å². The number of hydrogen-bond acceptors (Lipinski definition) is 3. The molecule has 2 N–H and O–H groups in total. The van der Waals surface area contributed by atoms with Crippen LogP contribution in [0, 0.1) is 0 Å². The first-order valence-electron chi connectivity index (χ1n) is 5.85. The number of anilines is 2. The molecular weight excluding hydrogens is 210 g/mol. The monoisotopic (exact) mass is 227 g/mol. The molecule has 0 aliphatic rings. The lowest BCUT2D eigenvalue weighted by Crippen LogP contribution is -2.00. The van der Waals surface area contributed by atoms with Crippen molar-refractivity contribution in [3.8, 4) is 0 Å². The second kappa shape index (κ2) is 5.89. The standard InChI is InChI=1S/C14H17N3/c1-2-16-13-5-7-14(8-6-13)17-11-12-4-3-9-15-10-12/h3-10,16-17H,2,11H2,1H3. The van der Waals surface area contributed by atoms with Crippen LogP contribution in [0.1, 0.15) is 12.5 Å². The zero-order valence-corrected chi connectivity index (χ0v) is 9.98. The van der Waals surface area contributed by atoms with E-state index in [2.05, 4.69) is 52.9 Å². The fourth-order valence-electron chi connectivity index (χ4n) is 1.62. The highest BCUT2D eigenvalue weighted by molar-refractivity contribution is 5.53. The lowest BCUT2D eigenvalue weighted by atomic mass is 10.2. The topological polar surface area (TPSA) is 37.0 Å². The third-order valence-corrected chi connectivity index (χ3v) is 2.49. The molecule has 0 fully saturated rings. The lowest BCUT2D eigenvalue weighted by molar-refractivity contribution is 1.11. The molecule has 0 bridgehead atoms.